The first-order valence-electron chi connectivity index (χ1n) is 7.81. The van der Waals surface area contributed by atoms with Crippen LogP contribution in [0.25, 0.3) is 0 Å². The van der Waals surface area contributed by atoms with E-state index < -0.39 is 0 Å². The van der Waals surface area contributed by atoms with Gasteiger partial charge in [0.15, 0.2) is 0 Å². The molecule has 6 nitrogen and oxygen atoms in total. The van der Waals surface area contributed by atoms with Crippen LogP contribution < -0.4 is 15.4 Å². The van der Waals surface area contributed by atoms with Crippen molar-refractivity contribution in [3.8, 4) is 5.75 Å². The van der Waals surface area contributed by atoms with Crippen LogP contribution in [0.2, 0.25) is 0 Å². The minimum absolute atomic E-state index is 0.200. The fourth-order valence-electron chi connectivity index (χ4n) is 2.15. The van der Waals surface area contributed by atoms with Crippen LogP contribution in [-0.2, 0) is 4.74 Å². The quantitative estimate of drug-likeness (QED) is 0.765. The first-order valence-corrected chi connectivity index (χ1v) is 7.81. The Labute approximate surface area is 142 Å². The predicted molar refractivity (Wildman–Crippen MR) is 93.4 cm³/mol. The van der Waals surface area contributed by atoms with Crippen LogP contribution in [0.1, 0.15) is 24.2 Å². The number of ether oxygens (including phenoxy) is 2. The van der Waals surface area contributed by atoms with Crippen LogP contribution in [0.5, 0.6) is 5.75 Å². The van der Waals surface area contributed by atoms with Crippen molar-refractivity contribution < 1.29 is 14.3 Å². The second kappa shape index (κ2) is 8.88. The topological polar surface area (TPSA) is 72.5 Å². The minimum atomic E-state index is -0.311. The zero-order valence-corrected chi connectivity index (χ0v) is 14.2. The molecule has 1 heterocycles. The third-order valence-corrected chi connectivity index (χ3v) is 3.41. The van der Waals surface area contributed by atoms with E-state index in [2.05, 4.69) is 15.6 Å². The number of carbonyl (C=O) groups excluding carboxylic acids is 1. The van der Waals surface area contributed by atoms with Gasteiger partial charge in [-0.05, 0) is 43.7 Å². The molecule has 0 saturated carbocycles. The van der Waals surface area contributed by atoms with Crippen molar-refractivity contribution in [2.24, 2.45) is 0 Å². The van der Waals surface area contributed by atoms with Gasteiger partial charge in [-0.15, -0.1) is 0 Å². The molecule has 0 radical (unpaired) electrons. The summed E-state index contributed by atoms with van der Waals surface area (Å²) in [6.45, 7) is 4.75. The molecule has 0 spiro atoms. The Morgan fingerprint density at radius 1 is 1.25 bits per heavy atom. The van der Waals surface area contributed by atoms with Gasteiger partial charge in [0.05, 0.1) is 24.0 Å². The molecule has 0 fully saturated rings. The van der Waals surface area contributed by atoms with Gasteiger partial charge >= 0.3 is 6.03 Å². The molecular weight excluding hydrogens is 306 g/mol. The molecule has 0 aliphatic rings. The van der Waals surface area contributed by atoms with E-state index in [1.54, 1.807) is 13.3 Å². The zero-order chi connectivity index (χ0) is 17.4. The van der Waals surface area contributed by atoms with Gasteiger partial charge in [-0.25, -0.2) is 4.79 Å². The summed E-state index contributed by atoms with van der Waals surface area (Å²) in [6.07, 6.45) is 1.70. The van der Waals surface area contributed by atoms with Gasteiger partial charge in [0.25, 0.3) is 0 Å². The third kappa shape index (κ3) is 5.24. The lowest BCUT2D eigenvalue weighted by Crippen LogP contribution is -2.31. The molecule has 1 atom stereocenters. The van der Waals surface area contributed by atoms with Gasteiger partial charge in [-0.1, -0.05) is 12.1 Å². The Balaban J connectivity index is 2.00. The second-order valence-corrected chi connectivity index (χ2v) is 5.42. The van der Waals surface area contributed by atoms with E-state index in [1.807, 2.05) is 50.2 Å². The summed E-state index contributed by atoms with van der Waals surface area (Å²) in [5.74, 6) is 0.618. The molecule has 0 aliphatic heterocycles. The van der Waals surface area contributed by atoms with E-state index in [4.69, 9.17) is 9.47 Å². The number of anilines is 1. The van der Waals surface area contributed by atoms with Crippen LogP contribution in [0.15, 0.2) is 42.6 Å². The Bertz CT molecular complexity index is 662. The fourth-order valence-corrected chi connectivity index (χ4v) is 2.15. The van der Waals surface area contributed by atoms with Gasteiger partial charge in [0, 0.05) is 13.3 Å². The maximum Gasteiger partial charge on any atom is 0.319 e. The summed E-state index contributed by atoms with van der Waals surface area (Å²) in [4.78, 5) is 16.5. The van der Waals surface area contributed by atoms with E-state index in [0.29, 0.717) is 24.7 Å². The van der Waals surface area contributed by atoms with Crippen molar-refractivity contribution >= 4 is 11.7 Å². The lowest BCUT2D eigenvalue weighted by molar-refractivity contribution is 0.146. The normalized spacial score (nSPS) is 11.6. The van der Waals surface area contributed by atoms with Crippen LogP contribution in [-0.4, -0.2) is 31.3 Å². The SMILES string of the molecule is COCCOc1cc(C)ccc1NC(=O)NC(C)c1ccccn1. The van der Waals surface area contributed by atoms with E-state index in [-0.39, 0.29) is 12.1 Å². The van der Waals surface area contributed by atoms with Gasteiger partial charge in [-0.3, -0.25) is 4.98 Å². The Hall–Kier alpha value is -2.60. The number of amides is 2. The Morgan fingerprint density at radius 3 is 2.79 bits per heavy atom. The highest BCUT2D eigenvalue weighted by Crippen LogP contribution is 2.25. The standard InChI is InChI=1S/C18H23N3O3/c1-13-7-8-16(17(12-13)24-11-10-23-3)21-18(22)20-14(2)15-6-4-5-9-19-15/h4-9,12,14H,10-11H2,1-3H3,(H2,20,21,22). The summed E-state index contributed by atoms with van der Waals surface area (Å²) in [7, 11) is 1.62. The molecule has 1 aromatic heterocycles. The van der Waals surface area contributed by atoms with E-state index in [1.165, 1.54) is 0 Å². The van der Waals surface area contributed by atoms with E-state index >= 15 is 0 Å². The summed E-state index contributed by atoms with van der Waals surface area (Å²) in [6, 6.07) is 10.7. The number of urea groups is 1. The maximum absolute atomic E-state index is 12.2. The molecule has 2 aromatic rings. The molecule has 0 bridgehead atoms. The number of rotatable bonds is 7. The van der Waals surface area contributed by atoms with Gasteiger partial charge < -0.3 is 20.1 Å². The molecular formula is C18H23N3O3. The minimum Gasteiger partial charge on any atom is -0.489 e. The van der Waals surface area contributed by atoms with Crippen LogP contribution in [0.3, 0.4) is 0 Å². The summed E-state index contributed by atoms with van der Waals surface area (Å²) >= 11 is 0. The smallest absolute Gasteiger partial charge is 0.319 e. The number of pyridine rings is 1. The molecule has 24 heavy (non-hydrogen) atoms. The van der Waals surface area contributed by atoms with E-state index in [0.717, 1.165) is 11.3 Å². The van der Waals surface area contributed by atoms with Gasteiger partial charge in [0.1, 0.15) is 12.4 Å². The number of aromatic nitrogens is 1. The number of benzene rings is 1. The molecule has 0 saturated heterocycles. The first-order chi connectivity index (χ1) is 11.6. The lowest BCUT2D eigenvalue weighted by Gasteiger charge is -2.16. The number of hydrogen-bond acceptors (Lipinski definition) is 4. The number of nitrogens with zero attached hydrogens (tertiary/aromatic N) is 1. The molecule has 1 unspecified atom stereocenters. The number of hydrogen-bond donors (Lipinski definition) is 2. The van der Waals surface area contributed by atoms with Crippen molar-refractivity contribution in [1.29, 1.82) is 0 Å². The van der Waals surface area contributed by atoms with Crippen molar-refractivity contribution in [2.75, 3.05) is 25.6 Å². The van der Waals surface area contributed by atoms with Gasteiger partial charge in [-0.2, -0.15) is 0 Å². The number of carbonyl (C=O) groups is 1. The fraction of sp³-hybridized carbons (Fsp3) is 0.333. The molecule has 6 heteroatoms. The highest BCUT2D eigenvalue weighted by atomic mass is 16.5. The third-order valence-electron chi connectivity index (χ3n) is 3.41. The van der Waals surface area contributed by atoms with E-state index in [9.17, 15) is 4.79 Å². The average molecular weight is 329 g/mol. The molecule has 0 aliphatic carbocycles. The first kappa shape index (κ1) is 17.7. The summed E-state index contributed by atoms with van der Waals surface area (Å²) < 4.78 is 10.7. The largest absolute Gasteiger partial charge is 0.489 e. The maximum atomic E-state index is 12.2. The highest BCUT2D eigenvalue weighted by molar-refractivity contribution is 5.91. The zero-order valence-electron chi connectivity index (χ0n) is 14.2. The molecule has 128 valence electrons. The van der Waals surface area contributed by atoms with Gasteiger partial charge in [0.2, 0.25) is 0 Å². The monoisotopic (exact) mass is 329 g/mol. The molecule has 2 amide bonds. The Kier molecular flexibility index (Phi) is 6.57. The number of methoxy groups -OCH3 is 1. The summed E-state index contributed by atoms with van der Waals surface area (Å²) in [5, 5.41) is 5.68. The average Bonchev–Trinajstić information content (AvgIpc) is 2.58. The van der Waals surface area contributed by atoms with Crippen LogP contribution in [0.4, 0.5) is 10.5 Å². The number of nitrogens with one attached hydrogen (secondary N) is 2. The van der Waals surface area contributed by atoms with Crippen molar-refractivity contribution in [3.05, 3.63) is 53.9 Å². The molecule has 1 aromatic carbocycles. The van der Waals surface area contributed by atoms with Crippen molar-refractivity contribution in [1.82, 2.24) is 10.3 Å². The Morgan fingerprint density at radius 2 is 2.08 bits per heavy atom. The molecule has 2 rings (SSSR count). The highest BCUT2D eigenvalue weighted by Gasteiger charge is 2.12. The predicted octanol–water partition coefficient (Wildman–Crippen LogP) is 3.30. The molecule has 2 N–H and O–H groups in total. The lowest BCUT2D eigenvalue weighted by atomic mass is 10.2. The van der Waals surface area contributed by atoms with Crippen molar-refractivity contribution in [2.45, 2.75) is 19.9 Å². The van der Waals surface area contributed by atoms with Crippen LogP contribution >= 0.6 is 0 Å². The van der Waals surface area contributed by atoms with Crippen LogP contribution in [0, 0.1) is 6.92 Å². The van der Waals surface area contributed by atoms with Crippen molar-refractivity contribution in [3.63, 3.8) is 0 Å². The number of aryl methyl sites for hydroxylation is 1. The summed E-state index contributed by atoms with van der Waals surface area (Å²) in [5.41, 5.74) is 2.46. The second-order valence-electron chi connectivity index (χ2n) is 5.42.